The van der Waals surface area contributed by atoms with Gasteiger partial charge in [-0.15, -0.1) is 0 Å². The number of ether oxygens (including phenoxy) is 1. The number of benzene rings is 2. The second-order valence-corrected chi connectivity index (χ2v) is 7.11. The molecule has 1 N–H and O–H groups in total. The van der Waals surface area contributed by atoms with E-state index in [2.05, 4.69) is 5.32 Å². The minimum Gasteiger partial charge on any atom is -0.490 e. The molecule has 1 unspecified atom stereocenters. The van der Waals surface area contributed by atoms with E-state index in [1.807, 2.05) is 38.1 Å². The predicted molar refractivity (Wildman–Crippen MR) is 106 cm³/mol. The molecule has 1 atom stereocenters. The molecule has 5 nitrogen and oxygen atoms in total. The van der Waals surface area contributed by atoms with Crippen molar-refractivity contribution in [2.45, 2.75) is 26.8 Å². The molecule has 1 aliphatic heterocycles. The Morgan fingerprint density at radius 1 is 1.26 bits per heavy atom. The second kappa shape index (κ2) is 8.44. The van der Waals surface area contributed by atoms with Crippen LogP contribution in [0.25, 0.3) is 0 Å². The fraction of sp³-hybridized carbons (Fsp3) is 0.333. The highest BCUT2D eigenvalue weighted by Crippen LogP contribution is 2.33. The topological polar surface area (TPSA) is 58.6 Å². The summed E-state index contributed by atoms with van der Waals surface area (Å²) >= 11 is 6.16. The summed E-state index contributed by atoms with van der Waals surface area (Å²) in [7, 11) is 0. The number of amides is 2. The maximum Gasteiger partial charge on any atom is 0.229 e. The van der Waals surface area contributed by atoms with Gasteiger partial charge in [-0.05, 0) is 31.5 Å². The monoisotopic (exact) mass is 386 g/mol. The summed E-state index contributed by atoms with van der Waals surface area (Å²) in [6.07, 6.45) is 0.211. The first-order valence-electron chi connectivity index (χ1n) is 9.03. The van der Waals surface area contributed by atoms with Crippen LogP contribution < -0.4 is 10.1 Å². The van der Waals surface area contributed by atoms with E-state index in [0.29, 0.717) is 36.2 Å². The number of rotatable bonds is 6. The Labute approximate surface area is 164 Å². The number of hydrogen-bond acceptors (Lipinski definition) is 3. The van der Waals surface area contributed by atoms with Crippen molar-refractivity contribution in [1.82, 2.24) is 4.90 Å². The average Bonchev–Trinajstić information content (AvgIpc) is 3.01. The minimum absolute atomic E-state index is 0.00755. The third-order valence-corrected chi connectivity index (χ3v) is 4.89. The summed E-state index contributed by atoms with van der Waals surface area (Å²) in [5.74, 6) is -0.142. The molecule has 1 fully saturated rings. The lowest BCUT2D eigenvalue weighted by molar-refractivity contribution is -0.128. The molecule has 27 heavy (non-hydrogen) atoms. The SMILES string of the molecule is CCOc1c(Cl)cccc1NC(=O)C1CC(=O)N(Cc2ccc(C)cc2)C1. The van der Waals surface area contributed by atoms with E-state index in [4.69, 9.17) is 16.3 Å². The molecule has 0 aromatic heterocycles. The first-order chi connectivity index (χ1) is 13.0. The highest BCUT2D eigenvalue weighted by Gasteiger charge is 2.34. The van der Waals surface area contributed by atoms with Crippen LogP contribution in [-0.4, -0.2) is 29.9 Å². The number of carbonyl (C=O) groups excluding carboxylic acids is 2. The van der Waals surface area contributed by atoms with E-state index in [-0.39, 0.29) is 18.2 Å². The van der Waals surface area contributed by atoms with Crippen LogP contribution in [0, 0.1) is 12.8 Å². The van der Waals surface area contributed by atoms with Crippen LogP contribution >= 0.6 is 11.6 Å². The quantitative estimate of drug-likeness (QED) is 0.815. The van der Waals surface area contributed by atoms with E-state index in [0.717, 1.165) is 5.56 Å². The normalized spacial score (nSPS) is 16.5. The van der Waals surface area contributed by atoms with Crippen LogP contribution in [-0.2, 0) is 16.1 Å². The number of hydrogen-bond donors (Lipinski definition) is 1. The average molecular weight is 387 g/mol. The van der Waals surface area contributed by atoms with Gasteiger partial charge < -0.3 is 15.0 Å². The third kappa shape index (κ3) is 4.61. The van der Waals surface area contributed by atoms with Gasteiger partial charge in [0.15, 0.2) is 5.75 Å². The Bertz CT molecular complexity index is 836. The zero-order valence-electron chi connectivity index (χ0n) is 15.5. The summed E-state index contributed by atoms with van der Waals surface area (Å²) in [6, 6.07) is 13.3. The molecule has 0 aliphatic carbocycles. The summed E-state index contributed by atoms with van der Waals surface area (Å²) < 4.78 is 5.54. The van der Waals surface area contributed by atoms with Gasteiger partial charge in [-0.3, -0.25) is 9.59 Å². The lowest BCUT2D eigenvalue weighted by Crippen LogP contribution is -2.28. The Kier molecular flexibility index (Phi) is 6.01. The molecule has 2 aromatic rings. The fourth-order valence-electron chi connectivity index (χ4n) is 3.15. The standard InChI is InChI=1S/C21H23ClN2O3/c1-3-27-20-17(22)5-4-6-18(20)23-21(26)16-11-19(25)24(13-16)12-15-9-7-14(2)8-10-15/h4-10,16H,3,11-13H2,1-2H3,(H,23,26). The first kappa shape index (κ1) is 19.2. The zero-order valence-corrected chi connectivity index (χ0v) is 16.3. The summed E-state index contributed by atoms with van der Waals surface area (Å²) in [5.41, 5.74) is 2.76. The largest absolute Gasteiger partial charge is 0.490 e. The Balaban J connectivity index is 1.66. The molecule has 3 rings (SSSR count). The van der Waals surface area contributed by atoms with Crippen molar-refractivity contribution >= 4 is 29.1 Å². The number of halogens is 1. The van der Waals surface area contributed by atoms with Crippen LogP contribution in [0.4, 0.5) is 5.69 Å². The van der Waals surface area contributed by atoms with Gasteiger partial charge in [0.2, 0.25) is 11.8 Å². The van der Waals surface area contributed by atoms with E-state index >= 15 is 0 Å². The van der Waals surface area contributed by atoms with E-state index < -0.39 is 5.92 Å². The lowest BCUT2D eigenvalue weighted by atomic mass is 10.1. The number of para-hydroxylation sites is 1. The summed E-state index contributed by atoms with van der Waals surface area (Å²) in [5, 5.41) is 3.31. The van der Waals surface area contributed by atoms with E-state index in [9.17, 15) is 9.59 Å². The molecular formula is C21H23ClN2O3. The Morgan fingerprint density at radius 3 is 2.70 bits per heavy atom. The van der Waals surface area contributed by atoms with Gasteiger partial charge in [0.1, 0.15) is 0 Å². The van der Waals surface area contributed by atoms with Crippen molar-refractivity contribution in [3.05, 3.63) is 58.6 Å². The van der Waals surface area contributed by atoms with Crippen molar-refractivity contribution in [3.8, 4) is 5.75 Å². The minimum atomic E-state index is -0.392. The molecule has 1 aliphatic rings. The van der Waals surface area contributed by atoms with Gasteiger partial charge in [0, 0.05) is 19.5 Å². The number of likely N-dealkylation sites (tertiary alicyclic amines) is 1. The molecular weight excluding hydrogens is 364 g/mol. The lowest BCUT2D eigenvalue weighted by Gasteiger charge is -2.17. The number of anilines is 1. The first-order valence-corrected chi connectivity index (χ1v) is 9.41. The second-order valence-electron chi connectivity index (χ2n) is 6.70. The molecule has 2 amide bonds. The van der Waals surface area contributed by atoms with Crippen LogP contribution in [0.3, 0.4) is 0 Å². The van der Waals surface area contributed by atoms with Crippen LogP contribution in [0.2, 0.25) is 5.02 Å². The fourth-order valence-corrected chi connectivity index (χ4v) is 3.38. The molecule has 0 saturated carbocycles. The number of nitrogens with zero attached hydrogens (tertiary/aromatic N) is 1. The highest BCUT2D eigenvalue weighted by molar-refractivity contribution is 6.32. The van der Waals surface area contributed by atoms with Gasteiger partial charge in [0.05, 0.1) is 23.2 Å². The van der Waals surface area contributed by atoms with E-state index in [1.54, 1.807) is 23.1 Å². The van der Waals surface area contributed by atoms with Crippen molar-refractivity contribution in [2.75, 3.05) is 18.5 Å². The molecule has 1 heterocycles. The van der Waals surface area contributed by atoms with Crippen molar-refractivity contribution < 1.29 is 14.3 Å². The van der Waals surface area contributed by atoms with Gasteiger partial charge in [-0.1, -0.05) is 47.5 Å². The molecule has 0 spiro atoms. The van der Waals surface area contributed by atoms with Crippen LogP contribution in [0.1, 0.15) is 24.5 Å². The third-order valence-electron chi connectivity index (χ3n) is 4.59. The summed E-state index contributed by atoms with van der Waals surface area (Å²) in [6.45, 7) is 5.25. The molecule has 2 aromatic carbocycles. The molecule has 6 heteroatoms. The van der Waals surface area contributed by atoms with Gasteiger partial charge >= 0.3 is 0 Å². The van der Waals surface area contributed by atoms with Crippen molar-refractivity contribution in [2.24, 2.45) is 5.92 Å². The van der Waals surface area contributed by atoms with E-state index in [1.165, 1.54) is 5.56 Å². The highest BCUT2D eigenvalue weighted by atomic mass is 35.5. The van der Waals surface area contributed by atoms with Crippen molar-refractivity contribution in [1.29, 1.82) is 0 Å². The summed E-state index contributed by atoms with van der Waals surface area (Å²) in [4.78, 5) is 26.8. The number of nitrogens with one attached hydrogen (secondary N) is 1. The molecule has 0 bridgehead atoms. The van der Waals surface area contributed by atoms with Crippen molar-refractivity contribution in [3.63, 3.8) is 0 Å². The number of carbonyl (C=O) groups is 2. The maximum absolute atomic E-state index is 12.7. The number of aryl methyl sites for hydroxylation is 1. The Morgan fingerprint density at radius 2 is 2.00 bits per heavy atom. The molecule has 1 saturated heterocycles. The van der Waals surface area contributed by atoms with Crippen LogP contribution in [0.15, 0.2) is 42.5 Å². The smallest absolute Gasteiger partial charge is 0.229 e. The van der Waals surface area contributed by atoms with Gasteiger partial charge in [-0.25, -0.2) is 0 Å². The van der Waals surface area contributed by atoms with Gasteiger partial charge in [-0.2, -0.15) is 0 Å². The molecule has 0 radical (unpaired) electrons. The molecule has 142 valence electrons. The zero-order chi connectivity index (χ0) is 19.4. The van der Waals surface area contributed by atoms with Crippen LogP contribution in [0.5, 0.6) is 5.75 Å². The van der Waals surface area contributed by atoms with Gasteiger partial charge in [0.25, 0.3) is 0 Å². The predicted octanol–water partition coefficient (Wildman–Crippen LogP) is 4.03. The maximum atomic E-state index is 12.7. The Hall–Kier alpha value is -2.53.